The van der Waals surface area contributed by atoms with E-state index in [1.165, 1.54) is 0 Å². The first-order valence-corrected chi connectivity index (χ1v) is 10.2. The van der Waals surface area contributed by atoms with E-state index >= 15 is 0 Å². The van der Waals surface area contributed by atoms with Crippen molar-refractivity contribution < 1.29 is 13.6 Å². The van der Waals surface area contributed by atoms with Gasteiger partial charge >= 0.3 is 6.03 Å². The van der Waals surface area contributed by atoms with Crippen LogP contribution in [0.25, 0.3) is 21.3 Å². The molecule has 4 rings (SSSR count). The summed E-state index contributed by atoms with van der Waals surface area (Å²) in [6, 6.07) is 9.58. The minimum absolute atomic E-state index is 0.134. The molecule has 152 valence electrons. The molecule has 0 aliphatic carbocycles. The van der Waals surface area contributed by atoms with Gasteiger partial charge < -0.3 is 10.6 Å². The number of hydrogen-bond donors (Lipinski definition) is 2. The number of benzene rings is 2. The zero-order chi connectivity index (χ0) is 21.4. The maximum Gasteiger partial charge on any atom is 0.323 e. The first-order chi connectivity index (χ1) is 14.3. The fourth-order valence-electron chi connectivity index (χ4n) is 3.22. The van der Waals surface area contributed by atoms with Crippen molar-refractivity contribution >= 4 is 50.6 Å². The van der Waals surface area contributed by atoms with E-state index in [0.29, 0.717) is 16.8 Å². The fourth-order valence-corrected chi connectivity index (χ4v) is 4.46. The Morgan fingerprint density at radius 3 is 2.53 bits per heavy atom. The van der Waals surface area contributed by atoms with Gasteiger partial charge in [0.1, 0.15) is 16.5 Å². The number of hydrogen-bond acceptors (Lipinski definition) is 3. The highest BCUT2D eigenvalue weighted by atomic mass is 35.5. The van der Waals surface area contributed by atoms with Crippen LogP contribution in [0.4, 0.5) is 25.0 Å². The lowest BCUT2D eigenvalue weighted by molar-refractivity contribution is 0.262. The lowest BCUT2D eigenvalue weighted by Crippen LogP contribution is -2.20. The smallest absolute Gasteiger partial charge is 0.306 e. The monoisotopic (exact) mass is 443 g/mol. The Balaban J connectivity index is 1.79. The second-order valence-corrected chi connectivity index (χ2v) is 8.30. The molecule has 0 spiro atoms. The molecule has 0 aliphatic heterocycles. The van der Waals surface area contributed by atoms with E-state index in [1.54, 1.807) is 23.6 Å². The maximum absolute atomic E-state index is 13.9. The number of nitrogens with zero attached hydrogens (tertiary/aromatic N) is 1. The molecule has 2 heterocycles. The molecule has 0 atom stereocenters. The largest absolute Gasteiger partial charge is 0.323 e. The summed E-state index contributed by atoms with van der Waals surface area (Å²) in [6.45, 7) is 4.00. The molecule has 2 aromatic carbocycles. The van der Waals surface area contributed by atoms with Crippen LogP contribution in [0, 0.1) is 25.5 Å². The van der Waals surface area contributed by atoms with E-state index in [4.69, 9.17) is 11.6 Å². The van der Waals surface area contributed by atoms with E-state index in [2.05, 4.69) is 15.6 Å². The fraction of sp³-hybridized carbons (Fsp3) is 0.0909. The predicted octanol–water partition coefficient (Wildman–Crippen LogP) is 7.16. The Labute approximate surface area is 180 Å². The molecule has 0 radical (unpaired) electrons. The van der Waals surface area contributed by atoms with Crippen LogP contribution in [-0.4, -0.2) is 11.0 Å². The zero-order valence-electron chi connectivity index (χ0n) is 16.0. The van der Waals surface area contributed by atoms with Crippen molar-refractivity contribution in [3.05, 3.63) is 75.8 Å². The average molecular weight is 444 g/mol. The molecule has 2 N–H and O–H groups in total. The molecule has 8 heteroatoms. The van der Waals surface area contributed by atoms with Gasteiger partial charge in [-0.05, 0) is 37.6 Å². The number of pyridine rings is 1. The number of anilines is 2. The van der Waals surface area contributed by atoms with Crippen molar-refractivity contribution in [2.45, 2.75) is 13.8 Å². The van der Waals surface area contributed by atoms with Gasteiger partial charge in [0.2, 0.25) is 0 Å². The highest BCUT2D eigenvalue weighted by molar-refractivity contribution is 7.18. The quantitative estimate of drug-likeness (QED) is 0.353. The Bertz CT molecular complexity index is 1290. The summed E-state index contributed by atoms with van der Waals surface area (Å²) in [4.78, 5) is 19.0. The van der Waals surface area contributed by atoms with Gasteiger partial charge in [-0.1, -0.05) is 29.8 Å². The summed E-state index contributed by atoms with van der Waals surface area (Å²) >= 11 is 8.02. The Hall–Kier alpha value is -3.03. The number of nitrogens with one attached hydrogen (secondary N) is 2. The molecule has 0 aliphatic rings. The molecule has 30 heavy (non-hydrogen) atoms. The highest BCUT2D eigenvalue weighted by Crippen LogP contribution is 2.42. The van der Waals surface area contributed by atoms with Crippen LogP contribution in [0.2, 0.25) is 5.02 Å². The summed E-state index contributed by atoms with van der Waals surface area (Å²) in [5, 5.41) is 6.55. The van der Waals surface area contributed by atoms with Crippen LogP contribution < -0.4 is 10.6 Å². The van der Waals surface area contributed by atoms with Crippen LogP contribution in [0.1, 0.15) is 10.4 Å². The Kier molecular flexibility index (Phi) is 5.40. The van der Waals surface area contributed by atoms with Crippen LogP contribution in [0.5, 0.6) is 0 Å². The van der Waals surface area contributed by atoms with Crippen molar-refractivity contribution in [3.63, 3.8) is 0 Å². The number of thiophene rings is 1. The summed E-state index contributed by atoms with van der Waals surface area (Å²) in [5.41, 5.74) is 2.82. The van der Waals surface area contributed by atoms with E-state index in [9.17, 15) is 13.6 Å². The molecule has 0 saturated carbocycles. The number of amides is 2. The third kappa shape index (κ3) is 3.74. The van der Waals surface area contributed by atoms with Gasteiger partial charge in [-0.2, -0.15) is 0 Å². The molecule has 0 bridgehead atoms. The summed E-state index contributed by atoms with van der Waals surface area (Å²) in [7, 11) is 0. The predicted molar refractivity (Wildman–Crippen MR) is 119 cm³/mol. The molecule has 2 aromatic heterocycles. The number of aryl methyl sites for hydroxylation is 2. The second kappa shape index (κ2) is 8.01. The average Bonchev–Trinajstić information content (AvgIpc) is 2.99. The molecule has 4 nitrogen and oxygen atoms in total. The van der Waals surface area contributed by atoms with E-state index in [0.717, 1.165) is 43.9 Å². The molecule has 0 unspecified atom stereocenters. The van der Waals surface area contributed by atoms with Crippen molar-refractivity contribution in [2.24, 2.45) is 0 Å². The van der Waals surface area contributed by atoms with Gasteiger partial charge in [-0.25, -0.2) is 18.6 Å². The molecule has 0 saturated heterocycles. The normalized spacial score (nSPS) is 11.0. The summed E-state index contributed by atoms with van der Waals surface area (Å²) in [6.07, 6.45) is 1.55. The van der Waals surface area contributed by atoms with Crippen molar-refractivity contribution in [3.8, 4) is 11.1 Å². The van der Waals surface area contributed by atoms with Crippen LogP contribution in [0.15, 0.2) is 48.7 Å². The van der Waals surface area contributed by atoms with Crippen LogP contribution in [0.3, 0.4) is 0 Å². The molecular formula is C22H16ClF2N3OS. The van der Waals surface area contributed by atoms with Gasteiger partial charge in [0.15, 0.2) is 0 Å². The Morgan fingerprint density at radius 2 is 1.80 bits per heavy atom. The minimum atomic E-state index is -0.866. The van der Waals surface area contributed by atoms with E-state index in [1.807, 2.05) is 32.0 Å². The van der Waals surface area contributed by atoms with Gasteiger partial charge in [-0.15, -0.1) is 11.3 Å². The minimum Gasteiger partial charge on any atom is -0.306 e. The highest BCUT2D eigenvalue weighted by Gasteiger charge is 2.20. The van der Waals surface area contributed by atoms with Crippen LogP contribution >= 0.6 is 22.9 Å². The van der Waals surface area contributed by atoms with E-state index < -0.39 is 17.7 Å². The lowest BCUT2D eigenvalue weighted by Gasteiger charge is -2.15. The van der Waals surface area contributed by atoms with Gasteiger partial charge in [0.25, 0.3) is 0 Å². The van der Waals surface area contributed by atoms with Gasteiger partial charge in [-0.3, -0.25) is 0 Å². The van der Waals surface area contributed by atoms with Gasteiger partial charge in [0.05, 0.1) is 17.6 Å². The third-order valence-electron chi connectivity index (χ3n) is 4.77. The first kappa shape index (κ1) is 20.3. The van der Waals surface area contributed by atoms with E-state index in [-0.39, 0.29) is 5.69 Å². The third-order valence-corrected chi connectivity index (χ3v) is 6.21. The number of aromatic nitrogens is 1. The Morgan fingerprint density at radius 1 is 1.07 bits per heavy atom. The zero-order valence-corrected chi connectivity index (χ0v) is 17.6. The maximum atomic E-state index is 13.9. The number of urea groups is 1. The van der Waals surface area contributed by atoms with Crippen molar-refractivity contribution in [1.82, 2.24) is 4.98 Å². The number of rotatable bonds is 3. The molecule has 2 amide bonds. The topological polar surface area (TPSA) is 54.0 Å². The SMILES string of the molecule is Cc1sc2ncc(NC(=O)Nc3ccc(F)cc3F)c(-c3ccccc3Cl)c2c1C. The van der Waals surface area contributed by atoms with Crippen molar-refractivity contribution in [2.75, 3.05) is 10.6 Å². The molecule has 0 fully saturated rings. The van der Waals surface area contributed by atoms with Crippen LogP contribution in [-0.2, 0) is 0 Å². The lowest BCUT2D eigenvalue weighted by atomic mass is 9.99. The van der Waals surface area contributed by atoms with Crippen molar-refractivity contribution in [1.29, 1.82) is 0 Å². The molecule has 4 aromatic rings. The number of fused-ring (bicyclic) bond motifs is 1. The summed E-state index contributed by atoms with van der Waals surface area (Å²) < 4.78 is 27.0. The standard InChI is InChI=1S/C22H16ClF2N3OS/c1-11-12(2)30-21-19(11)20(14-5-3-4-6-15(14)23)18(10-26-21)28-22(29)27-17-8-7-13(24)9-16(17)25/h3-10H,1-2H3,(H2,27,28,29). The first-order valence-electron chi connectivity index (χ1n) is 9.02. The summed E-state index contributed by atoms with van der Waals surface area (Å²) in [5.74, 6) is -1.59. The number of halogens is 3. The second-order valence-electron chi connectivity index (χ2n) is 6.69. The molecular weight excluding hydrogens is 428 g/mol. The van der Waals surface area contributed by atoms with Gasteiger partial charge in [0, 0.05) is 32.5 Å². The number of carbonyl (C=O) groups excluding carboxylic acids is 1. The number of carbonyl (C=O) groups is 1.